The maximum Gasteiger partial charge on any atom is 0.177 e. The lowest BCUT2D eigenvalue weighted by Gasteiger charge is -2.05. The molecule has 2 N–H and O–H groups in total. The number of anilines is 1. The van der Waals surface area contributed by atoms with Crippen LogP contribution in [0.5, 0.6) is 0 Å². The molecular formula is C15H9BrF2N2O. The summed E-state index contributed by atoms with van der Waals surface area (Å²) in [5.74, 6) is -0.633. The van der Waals surface area contributed by atoms with Crippen molar-refractivity contribution in [2.24, 2.45) is 0 Å². The summed E-state index contributed by atoms with van der Waals surface area (Å²) in [5.41, 5.74) is 6.77. The number of hydrogen-bond acceptors (Lipinski definition) is 3. The third-order valence-electron chi connectivity index (χ3n) is 2.99. The lowest BCUT2D eigenvalue weighted by atomic mass is 10.0. The molecule has 0 aliphatic carbocycles. The largest absolute Gasteiger partial charge is 0.380 e. The van der Waals surface area contributed by atoms with Crippen molar-refractivity contribution in [2.45, 2.75) is 0 Å². The highest BCUT2D eigenvalue weighted by Gasteiger charge is 2.20. The predicted octanol–water partition coefficient (Wildman–Crippen LogP) is 4.63. The molecule has 1 heterocycles. The van der Waals surface area contributed by atoms with Gasteiger partial charge in [0, 0.05) is 15.6 Å². The number of aromatic nitrogens is 1. The van der Waals surface area contributed by atoms with Crippen LogP contribution >= 0.6 is 15.9 Å². The molecule has 0 aliphatic heterocycles. The van der Waals surface area contributed by atoms with Gasteiger partial charge in [0.1, 0.15) is 11.6 Å². The third kappa shape index (κ3) is 2.54. The number of rotatable bonds is 2. The Morgan fingerprint density at radius 1 is 1.10 bits per heavy atom. The van der Waals surface area contributed by atoms with E-state index in [1.807, 2.05) is 0 Å². The van der Waals surface area contributed by atoms with Crippen LogP contribution in [0.15, 0.2) is 51.5 Å². The number of hydrogen-bond donors (Lipinski definition) is 1. The Kier molecular flexibility index (Phi) is 3.47. The van der Waals surface area contributed by atoms with Gasteiger partial charge in [-0.15, -0.1) is 0 Å². The zero-order valence-electron chi connectivity index (χ0n) is 10.6. The van der Waals surface area contributed by atoms with Crippen LogP contribution < -0.4 is 5.73 Å². The van der Waals surface area contributed by atoms with E-state index in [0.717, 1.165) is 0 Å². The Bertz CT molecular complexity index is 797. The lowest BCUT2D eigenvalue weighted by Crippen LogP contribution is -1.91. The first-order valence-corrected chi connectivity index (χ1v) is 6.82. The SMILES string of the molecule is Nc1noc(-c2cc(F)cc(Br)c2)c1-c1ccccc1F. The van der Waals surface area contributed by atoms with E-state index in [9.17, 15) is 8.78 Å². The summed E-state index contributed by atoms with van der Waals surface area (Å²) in [5, 5.41) is 3.67. The molecule has 0 aliphatic rings. The van der Waals surface area contributed by atoms with Gasteiger partial charge < -0.3 is 10.3 Å². The van der Waals surface area contributed by atoms with Crippen molar-refractivity contribution < 1.29 is 13.3 Å². The van der Waals surface area contributed by atoms with Gasteiger partial charge in [0.05, 0.1) is 5.56 Å². The quantitative estimate of drug-likeness (QED) is 0.732. The van der Waals surface area contributed by atoms with Gasteiger partial charge in [-0.25, -0.2) is 8.78 Å². The molecule has 0 amide bonds. The molecule has 0 radical (unpaired) electrons. The maximum atomic E-state index is 14.0. The summed E-state index contributed by atoms with van der Waals surface area (Å²) >= 11 is 3.20. The Labute approximate surface area is 127 Å². The minimum absolute atomic E-state index is 0.0514. The number of nitrogens with two attached hydrogens (primary N) is 1. The zero-order valence-corrected chi connectivity index (χ0v) is 12.2. The average molecular weight is 351 g/mol. The van der Waals surface area contributed by atoms with E-state index in [1.165, 1.54) is 18.2 Å². The predicted molar refractivity (Wildman–Crippen MR) is 79.4 cm³/mol. The molecular weight excluding hydrogens is 342 g/mol. The normalized spacial score (nSPS) is 10.8. The van der Waals surface area contributed by atoms with Crippen LogP contribution in [0.3, 0.4) is 0 Å². The molecule has 0 saturated heterocycles. The molecule has 0 atom stereocenters. The molecule has 6 heteroatoms. The molecule has 1 aromatic heterocycles. The second-order valence-electron chi connectivity index (χ2n) is 4.41. The monoisotopic (exact) mass is 350 g/mol. The van der Waals surface area contributed by atoms with Crippen molar-refractivity contribution >= 4 is 21.7 Å². The van der Waals surface area contributed by atoms with E-state index in [2.05, 4.69) is 21.1 Å². The molecule has 0 spiro atoms. The number of halogens is 3. The highest BCUT2D eigenvalue weighted by atomic mass is 79.9. The Morgan fingerprint density at radius 2 is 1.86 bits per heavy atom. The van der Waals surface area contributed by atoms with Gasteiger partial charge in [-0.3, -0.25) is 0 Å². The summed E-state index contributed by atoms with van der Waals surface area (Å²) in [6.45, 7) is 0. The fourth-order valence-electron chi connectivity index (χ4n) is 2.11. The highest BCUT2D eigenvalue weighted by Crippen LogP contribution is 2.38. The van der Waals surface area contributed by atoms with Crippen molar-refractivity contribution in [1.82, 2.24) is 5.16 Å². The van der Waals surface area contributed by atoms with E-state index in [1.54, 1.807) is 24.3 Å². The van der Waals surface area contributed by atoms with Gasteiger partial charge in [-0.2, -0.15) is 0 Å². The lowest BCUT2D eigenvalue weighted by molar-refractivity contribution is 0.435. The number of nitrogens with zero attached hydrogens (tertiary/aromatic N) is 1. The molecule has 21 heavy (non-hydrogen) atoms. The van der Waals surface area contributed by atoms with Crippen LogP contribution in [-0.2, 0) is 0 Å². The third-order valence-corrected chi connectivity index (χ3v) is 3.44. The molecule has 3 rings (SSSR count). The van der Waals surface area contributed by atoms with Crippen LogP contribution in [-0.4, -0.2) is 5.16 Å². The molecule has 0 unspecified atom stereocenters. The molecule has 0 saturated carbocycles. The van der Waals surface area contributed by atoms with Gasteiger partial charge >= 0.3 is 0 Å². The summed E-state index contributed by atoms with van der Waals surface area (Å²) in [6, 6.07) is 10.4. The first-order valence-electron chi connectivity index (χ1n) is 6.03. The molecule has 2 aromatic carbocycles. The maximum absolute atomic E-state index is 14.0. The second kappa shape index (κ2) is 5.29. The Hall–Kier alpha value is -2.21. The van der Waals surface area contributed by atoms with E-state index in [0.29, 0.717) is 15.6 Å². The van der Waals surface area contributed by atoms with Gasteiger partial charge in [-0.1, -0.05) is 39.3 Å². The molecule has 0 bridgehead atoms. The first kappa shape index (κ1) is 13.8. The van der Waals surface area contributed by atoms with Crippen molar-refractivity contribution in [3.63, 3.8) is 0 Å². The standard InChI is InChI=1S/C15H9BrF2N2O/c16-9-5-8(6-10(17)7-9)14-13(15(19)20-21-14)11-3-1-2-4-12(11)18/h1-7H,(H2,19,20). The van der Waals surface area contributed by atoms with E-state index in [4.69, 9.17) is 10.3 Å². The zero-order chi connectivity index (χ0) is 15.0. The van der Waals surface area contributed by atoms with E-state index >= 15 is 0 Å². The fourth-order valence-corrected chi connectivity index (χ4v) is 2.57. The van der Waals surface area contributed by atoms with Gasteiger partial charge in [-0.05, 0) is 24.3 Å². The summed E-state index contributed by atoms with van der Waals surface area (Å²) in [6.07, 6.45) is 0. The Morgan fingerprint density at radius 3 is 2.57 bits per heavy atom. The van der Waals surface area contributed by atoms with E-state index < -0.39 is 11.6 Å². The minimum atomic E-state index is -0.455. The summed E-state index contributed by atoms with van der Waals surface area (Å²) in [7, 11) is 0. The second-order valence-corrected chi connectivity index (χ2v) is 5.33. The van der Waals surface area contributed by atoms with Gasteiger partial charge in [0.15, 0.2) is 11.6 Å². The van der Waals surface area contributed by atoms with Crippen molar-refractivity contribution in [1.29, 1.82) is 0 Å². The highest BCUT2D eigenvalue weighted by molar-refractivity contribution is 9.10. The average Bonchev–Trinajstić information content (AvgIpc) is 2.80. The summed E-state index contributed by atoms with van der Waals surface area (Å²) in [4.78, 5) is 0. The van der Waals surface area contributed by atoms with Gasteiger partial charge in [0.25, 0.3) is 0 Å². The van der Waals surface area contributed by atoms with E-state index in [-0.39, 0.29) is 17.1 Å². The Balaban J connectivity index is 2.24. The number of nitrogen functional groups attached to an aromatic ring is 1. The van der Waals surface area contributed by atoms with Crippen molar-refractivity contribution in [2.75, 3.05) is 5.73 Å². The van der Waals surface area contributed by atoms with Crippen LogP contribution in [0, 0.1) is 11.6 Å². The summed E-state index contributed by atoms with van der Waals surface area (Å²) < 4.78 is 33.2. The minimum Gasteiger partial charge on any atom is -0.380 e. The number of benzene rings is 2. The van der Waals surface area contributed by atoms with Crippen LogP contribution in [0.1, 0.15) is 0 Å². The van der Waals surface area contributed by atoms with Crippen molar-refractivity contribution in [3.05, 3.63) is 58.6 Å². The van der Waals surface area contributed by atoms with Crippen LogP contribution in [0.25, 0.3) is 22.5 Å². The van der Waals surface area contributed by atoms with Crippen LogP contribution in [0.4, 0.5) is 14.6 Å². The first-order chi connectivity index (χ1) is 10.1. The molecule has 106 valence electrons. The topological polar surface area (TPSA) is 52.0 Å². The smallest absolute Gasteiger partial charge is 0.177 e. The fraction of sp³-hybridized carbons (Fsp3) is 0. The van der Waals surface area contributed by atoms with Crippen molar-refractivity contribution in [3.8, 4) is 22.5 Å². The molecule has 3 aromatic rings. The van der Waals surface area contributed by atoms with Crippen LogP contribution in [0.2, 0.25) is 0 Å². The molecule has 3 nitrogen and oxygen atoms in total. The van der Waals surface area contributed by atoms with Gasteiger partial charge in [0.2, 0.25) is 0 Å². The molecule has 0 fully saturated rings.